The molecule has 0 N–H and O–H groups in total. The Balaban J connectivity index is 3.36. The van der Waals surface area contributed by atoms with E-state index < -0.39 is 11.8 Å². The lowest BCUT2D eigenvalue weighted by molar-refractivity contribution is -0.137. The highest BCUT2D eigenvalue weighted by molar-refractivity contribution is 6.46. The summed E-state index contributed by atoms with van der Waals surface area (Å²) in [5.41, 5.74) is 0.582. The van der Waals surface area contributed by atoms with E-state index in [2.05, 4.69) is 4.74 Å². The number of halogens is 1. The normalized spacial score (nSPS) is 9.95. The largest absolute Gasteiger partial charge is 0.493 e. The first kappa shape index (κ1) is 15.3. The Hall–Kier alpha value is -1.75. The van der Waals surface area contributed by atoms with Gasteiger partial charge < -0.3 is 14.2 Å². The summed E-state index contributed by atoms with van der Waals surface area (Å²) < 4.78 is 14.9. The lowest BCUT2D eigenvalue weighted by atomic mass is 10.0. The highest BCUT2D eigenvalue weighted by atomic mass is 35.5. The van der Waals surface area contributed by atoms with Crippen LogP contribution in [0.2, 0.25) is 5.02 Å². The van der Waals surface area contributed by atoms with Gasteiger partial charge in [-0.25, -0.2) is 4.79 Å². The molecule has 0 aromatic heterocycles. The summed E-state index contributed by atoms with van der Waals surface area (Å²) in [4.78, 5) is 23.5. The first-order valence-corrected chi connectivity index (χ1v) is 5.98. The number of ether oxygens (including phenoxy) is 3. The van der Waals surface area contributed by atoms with E-state index in [0.717, 1.165) is 0 Å². The topological polar surface area (TPSA) is 61.8 Å². The first-order valence-electron chi connectivity index (χ1n) is 5.60. The van der Waals surface area contributed by atoms with E-state index in [4.69, 9.17) is 21.1 Å². The molecule has 0 amide bonds. The van der Waals surface area contributed by atoms with E-state index in [1.54, 1.807) is 19.9 Å². The van der Waals surface area contributed by atoms with Gasteiger partial charge in [-0.15, -0.1) is 0 Å². The van der Waals surface area contributed by atoms with Crippen LogP contribution < -0.4 is 9.47 Å². The van der Waals surface area contributed by atoms with Crippen molar-refractivity contribution in [2.45, 2.75) is 13.8 Å². The molecule has 0 saturated carbocycles. The number of carbonyl (C=O) groups is 2. The van der Waals surface area contributed by atoms with Crippen LogP contribution in [0.1, 0.15) is 22.8 Å². The summed E-state index contributed by atoms with van der Waals surface area (Å²) in [5.74, 6) is -1.14. The van der Waals surface area contributed by atoms with Crippen LogP contribution in [0.15, 0.2) is 6.07 Å². The molecule has 0 bridgehead atoms. The maximum atomic E-state index is 12.0. The van der Waals surface area contributed by atoms with Crippen molar-refractivity contribution in [1.29, 1.82) is 0 Å². The minimum atomic E-state index is -0.945. The number of hydrogen-bond acceptors (Lipinski definition) is 5. The lowest BCUT2D eigenvalue weighted by Gasteiger charge is -2.14. The standard InChI is InChI=1S/C13H15ClO5/c1-5-19-13(16)11(15)9-7(2)6-8(17-3)12(18-4)10(9)14/h6H,5H2,1-4H3. The number of hydrogen-bond donors (Lipinski definition) is 0. The highest BCUT2D eigenvalue weighted by Gasteiger charge is 2.26. The highest BCUT2D eigenvalue weighted by Crippen LogP contribution is 2.39. The van der Waals surface area contributed by atoms with Crippen molar-refractivity contribution in [3.63, 3.8) is 0 Å². The Labute approximate surface area is 116 Å². The van der Waals surface area contributed by atoms with Gasteiger partial charge in [0.25, 0.3) is 5.78 Å². The summed E-state index contributed by atoms with van der Waals surface area (Å²) in [6.45, 7) is 3.39. The molecule has 0 radical (unpaired) electrons. The number of benzene rings is 1. The molecule has 0 atom stereocenters. The number of ketones is 1. The number of carbonyl (C=O) groups excluding carboxylic acids is 2. The molecule has 6 heteroatoms. The Morgan fingerprint density at radius 1 is 1.26 bits per heavy atom. The molecule has 1 rings (SSSR count). The number of esters is 1. The van der Waals surface area contributed by atoms with Gasteiger partial charge in [0.1, 0.15) is 0 Å². The smallest absolute Gasteiger partial charge is 0.379 e. The summed E-state index contributed by atoms with van der Waals surface area (Å²) >= 11 is 6.10. The SMILES string of the molecule is CCOC(=O)C(=O)c1c(C)cc(OC)c(OC)c1Cl. The Morgan fingerprint density at radius 3 is 2.37 bits per heavy atom. The van der Waals surface area contributed by atoms with E-state index in [1.807, 2.05) is 0 Å². The number of Topliss-reactive ketones (excluding diaryl/α,β-unsaturated/α-hetero) is 1. The summed E-state index contributed by atoms with van der Waals surface area (Å²) in [5, 5.41) is 0.0393. The summed E-state index contributed by atoms with van der Waals surface area (Å²) in [6.07, 6.45) is 0. The molecular formula is C13H15ClO5. The molecule has 1 aromatic rings. The van der Waals surface area contributed by atoms with Gasteiger partial charge in [-0.2, -0.15) is 0 Å². The van der Waals surface area contributed by atoms with E-state index >= 15 is 0 Å². The second-order valence-electron chi connectivity index (χ2n) is 3.67. The van der Waals surface area contributed by atoms with Crippen molar-refractivity contribution in [2.24, 2.45) is 0 Å². The van der Waals surface area contributed by atoms with Crippen LogP contribution >= 0.6 is 11.6 Å². The molecule has 104 valence electrons. The Morgan fingerprint density at radius 2 is 1.89 bits per heavy atom. The minimum Gasteiger partial charge on any atom is -0.493 e. The third-order valence-electron chi connectivity index (χ3n) is 2.50. The van der Waals surface area contributed by atoms with Crippen molar-refractivity contribution in [2.75, 3.05) is 20.8 Å². The van der Waals surface area contributed by atoms with Crippen LogP contribution in [-0.4, -0.2) is 32.6 Å². The number of aryl methyl sites for hydroxylation is 1. The van der Waals surface area contributed by atoms with Gasteiger partial charge in [0.2, 0.25) is 0 Å². The minimum absolute atomic E-state index is 0.0393. The lowest BCUT2D eigenvalue weighted by Crippen LogP contribution is -2.19. The summed E-state index contributed by atoms with van der Waals surface area (Å²) in [7, 11) is 2.86. The molecule has 0 spiro atoms. The zero-order valence-electron chi connectivity index (χ0n) is 11.2. The van der Waals surface area contributed by atoms with Crippen molar-refractivity contribution < 1.29 is 23.8 Å². The fourth-order valence-electron chi connectivity index (χ4n) is 1.65. The molecular weight excluding hydrogens is 272 g/mol. The number of methoxy groups -OCH3 is 2. The molecule has 0 unspecified atom stereocenters. The maximum absolute atomic E-state index is 12.0. The van der Waals surface area contributed by atoms with Crippen molar-refractivity contribution in [3.8, 4) is 11.5 Å². The van der Waals surface area contributed by atoms with Gasteiger partial charge in [-0.1, -0.05) is 11.6 Å². The fraction of sp³-hybridized carbons (Fsp3) is 0.385. The van der Waals surface area contributed by atoms with Crippen molar-refractivity contribution in [1.82, 2.24) is 0 Å². The molecule has 0 heterocycles. The third kappa shape index (κ3) is 2.98. The van der Waals surface area contributed by atoms with Gasteiger partial charge in [0.05, 0.1) is 31.4 Å². The molecule has 0 aliphatic carbocycles. The summed E-state index contributed by atoms with van der Waals surface area (Å²) in [6, 6.07) is 1.58. The molecule has 19 heavy (non-hydrogen) atoms. The molecule has 0 saturated heterocycles. The van der Waals surface area contributed by atoms with Gasteiger partial charge >= 0.3 is 5.97 Å². The third-order valence-corrected chi connectivity index (χ3v) is 2.86. The van der Waals surface area contributed by atoms with Crippen LogP contribution in [0.25, 0.3) is 0 Å². The fourth-order valence-corrected chi connectivity index (χ4v) is 2.05. The van der Waals surface area contributed by atoms with Gasteiger partial charge in [-0.3, -0.25) is 4.79 Å². The van der Waals surface area contributed by atoms with Crippen LogP contribution in [-0.2, 0) is 9.53 Å². The second-order valence-corrected chi connectivity index (χ2v) is 4.05. The van der Waals surface area contributed by atoms with Gasteiger partial charge in [0, 0.05) is 0 Å². The van der Waals surface area contributed by atoms with Gasteiger partial charge in [-0.05, 0) is 25.5 Å². The van der Waals surface area contributed by atoms with E-state index in [9.17, 15) is 9.59 Å². The molecule has 0 aliphatic rings. The number of rotatable bonds is 5. The Kier molecular flexibility index (Phi) is 5.18. The quantitative estimate of drug-likeness (QED) is 0.472. The molecule has 1 aromatic carbocycles. The second kappa shape index (κ2) is 6.43. The van der Waals surface area contributed by atoms with Crippen LogP contribution in [0, 0.1) is 6.92 Å². The van der Waals surface area contributed by atoms with Crippen molar-refractivity contribution in [3.05, 3.63) is 22.2 Å². The van der Waals surface area contributed by atoms with Crippen molar-refractivity contribution >= 4 is 23.4 Å². The van der Waals surface area contributed by atoms with E-state index in [0.29, 0.717) is 11.3 Å². The predicted molar refractivity (Wildman–Crippen MR) is 70.3 cm³/mol. The van der Waals surface area contributed by atoms with Crippen LogP contribution in [0.5, 0.6) is 11.5 Å². The first-order chi connectivity index (χ1) is 8.97. The molecule has 0 aliphatic heterocycles. The van der Waals surface area contributed by atoms with Crippen LogP contribution in [0.4, 0.5) is 0 Å². The average Bonchev–Trinajstić information content (AvgIpc) is 2.38. The molecule has 0 fully saturated rings. The van der Waals surface area contributed by atoms with Crippen LogP contribution in [0.3, 0.4) is 0 Å². The zero-order valence-corrected chi connectivity index (χ0v) is 12.0. The van der Waals surface area contributed by atoms with E-state index in [-0.39, 0.29) is 22.9 Å². The average molecular weight is 287 g/mol. The monoisotopic (exact) mass is 286 g/mol. The predicted octanol–water partition coefficient (Wildman–Crippen LogP) is 2.41. The zero-order chi connectivity index (χ0) is 14.6. The Bertz CT molecular complexity index is 510. The molecule has 5 nitrogen and oxygen atoms in total. The van der Waals surface area contributed by atoms with E-state index in [1.165, 1.54) is 14.2 Å². The maximum Gasteiger partial charge on any atom is 0.379 e. The van der Waals surface area contributed by atoms with Gasteiger partial charge in [0.15, 0.2) is 11.5 Å².